The summed E-state index contributed by atoms with van der Waals surface area (Å²) in [6.45, 7) is 4.07. The van der Waals surface area contributed by atoms with E-state index in [1.807, 2.05) is 19.0 Å². The van der Waals surface area contributed by atoms with Crippen LogP contribution in [0.3, 0.4) is 0 Å². The van der Waals surface area contributed by atoms with Crippen LogP contribution in [0.15, 0.2) is 24.3 Å². The summed E-state index contributed by atoms with van der Waals surface area (Å²) in [5, 5.41) is 6.90. The molecule has 1 atom stereocenters. The second-order valence-corrected chi connectivity index (χ2v) is 8.96. The molecule has 1 aromatic carbocycles. The fourth-order valence-corrected chi connectivity index (χ4v) is 4.66. The molecule has 0 radical (unpaired) electrons. The molecule has 4 rings (SSSR count). The Kier molecular flexibility index (Phi) is 5.41. The molecule has 0 aromatic heterocycles. The molecule has 0 saturated heterocycles. The van der Waals surface area contributed by atoms with Gasteiger partial charge in [-0.05, 0) is 63.5 Å². The second kappa shape index (κ2) is 7.32. The number of carbonyl (C=O) groups is 2. The second-order valence-electron chi connectivity index (χ2n) is 8.52. The van der Waals surface area contributed by atoms with Crippen molar-refractivity contribution in [3.05, 3.63) is 29.3 Å². The first-order valence-corrected chi connectivity index (χ1v) is 9.69. The summed E-state index contributed by atoms with van der Waals surface area (Å²) >= 11 is 5.83. The number of hydrogen-bond acceptors (Lipinski definition) is 4. The van der Waals surface area contributed by atoms with Crippen LogP contribution in [0.25, 0.3) is 0 Å². The summed E-state index contributed by atoms with van der Waals surface area (Å²) < 4.78 is 5.48. The third-order valence-corrected chi connectivity index (χ3v) is 5.72. The van der Waals surface area contributed by atoms with Crippen molar-refractivity contribution < 1.29 is 14.3 Å². The Morgan fingerprint density at radius 3 is 2.19 bits per heavy atom. The summed E-state index contributed by atoms with van der Waals surface area (Å²) in [7, 11) is 3.85. The van der Waals surface area contributed by atoms with Crippen LogP contribution >= 0.6 is 11.6 Å². The van der Waals surface area contributed by atoms with Crippen LogP contribution in [0.2, 0.25) is 5.02 Å². The molecule has 2 N–H and O–H groups in total. The Morgan fingerprint density at radius 1 is 1.11 bits per heavy atom. The quantitative estimate of drug-likeness (QED) is 0.710. The standard InChI is InChI=1S/C20H28ClN3O3/c1-13(2)17(24(3)4)18(26)23-20-10-19(11-20,12-20)22-16(25)9-27-15-7-5-14(21)6-8-15/h5-8,13,17H,9-12H2,1-4H3,(H,22,25)(H,23,26)/t17-,19?,20?/m1/s1. The Bertz CT molecular complexity index is 690. The maximum atomic E-state index is 12.6. The SMILES string of the molecule is CC(C)[C@H](C(=O)NC12CC(NC(=O)COc3ccc(Cl)cc3)(C1)C2)N(C)C. The summed E-state index contributed by atoms with van der Waals surface area (Å²) in [5.74, 6) is 0.781. The van der Waals surface area contributed by atoms with Crippen LogP contribution in [0.4, 0.5) is 0 Å². The lowest BCUT2D eigenvalue weighted by Gasteiger charge is -2.70. The minimum atomic E-state index is -0.181. The number of amides is 2. The number of carbonyl (C=O) groups excluding carboxylic acids is 2. The van der Waals surface area contributed by atoms with Crippen molar-refractivity contribution in [3.8, 4) is 5.75 Å². The van der Waals surface area contributed by atoms with E-state index >= 15 is 0 Å². The first kappa shape index (κ1) is 20.0. The Labute approximate surface area is 165 Å². The molecule has 27 heavy (non-hydrogen) atoms. The van der Waals surface area contributed by atoms with Gasteiger partial charge in [-0.2, -0.15) is 0 Å². The maximum absolute atomic E-state index is 12.6. The lowest BCUT2D eigenvalue weighted by molar-refractivity contribution is -0.153. The normalized spacial score (nSPS) is 26.8. The van der Waals surface area contributed by atoms with Gasteiger partial charge >= 0.3 is 0 Å². The van der Waals surface area contributed by atoms with Gasteiger partial charge in [-0.15, -0.1) is 0 Å². The minimum Gasteiger partial charge on any atom is -0.484 e. The van der Waals surface area contributed by atoms with Gasteiger partial charge in [0.25, 0.3) is 5.91 Å². The van der Waals surface area contributed by atoms with Gasteiger partial charge < -0.3 is 15.4 Å². The third kappa shape index (κ3) is 4.22. The van der Waals surface area contributed by atoms with E-state index in [0.717, 1.165) is 19.3 Å². The summed E-state index contributed by atoms with van der Waals surface area (Å²) in [6, 6.07) is 6.77. The number of rotatable bonds is 8. The van der Waals surface area contributed by atoms with Gasteiger partial charge in [-0.3, -0.25) is 14.5 Å². The third-order valence-electron chi connectivity index (χ3n) is 5.46. The predicted octanol–water partition coefficient (Wildman–Crippen LogP) is 2.21. The maximum Gasteiger partial charge on any atom is 0.258 e. The van der Waals surface area contributed by atoms with Crippen LogP contribution in [0.1, 0.15) is 33.1 Å². The van der Waals surface area contributed by atoms with Gasteiger partial charge in [0.05, 0.1) is 6.04 Å². The summed E-state index contributed by atoms with van der Waals surface area (Å²) in [5.41, 5.74) is -0.330. The molecule has 0 unspecified atom stereocenters. The van der Waals surface area contributed by atoms with Crippen LogP contribution < -0.4 is 15.4 Å². The zero-order chi connectivity index (χ0) is 19.8. The van der Waals surface area contributed by atoms with E-state index in [9.17, 15) is 9.59 Å². The monoisotopic (exact) mass is 393 g/mol. The van der Waals surface area contributed by atoms with Gasteiger partial charge in [0.15, 0.2) is 6.61 Å². The Morgan fingerprint density at radius 2 is 1.67 bits per heavy atom. The van der Waals surface area contributed by atoms with Gasteiger partial charge in [-0.1, -0.05) is 25.4 Å². The molecule has 3 fully saturated rings. The highest BCUT2D eigenvalue weighted by atomic mass is 35.5. The van der Waals surface area contributed by atoms with E-state index in [4.69, 9.17) is 16.3 Å². The van der Waals surface area contributed by atoms with Crippen LogP contribution in [0.5, 0.6) is 5.75 Å². The molecule has 2 amide bonds. The van der Waals surface area contributed by atoms with E-state index in [-0.39, 0.29) is 41.5 Å². The minimum absolute atomic E-state index is 0.0290. The highest BCUT2D eigenvalue weighted by Crippen LogP contribution is 2.60. The molecular formula is C20H28ClN3O3. The molecule has 0 spiro atoms. The van der Waals surface area contributed by atoms with Crippen molar-refractivity contribution in [1.82, 2.24) is 15.5 Å². The summed E-state index contributed by atoms with van der Waals surface area (Å²) in [4.78, 5) is 26.7. The highest BCUT2D eigenvalue weighted by Gasteiger charge is 2.69. The molecule has 6 nitrogen and oxygen atoms in total. The largest absolute Gasteiger partial charge is 0.484 e. The number of benzene rings is 1. The first-order chi connectivity index (χ1) is 12.6. The first-order valence-electron chi connectivity index (χ1n) is 9.32. The topological polar surface area (TPSA) is 70.7 Å². The van der Waals surface area contributed by atoms with E-state index in [0.29, 0.717) is 10.8 Å². The smallest absolute Gasteiger partial charge is 0.258 e. The molecule has 148 valence electrons. The van der Waals surface area contributed by atoms with Crippen LogP contribution in [0, 0.1) is 5.92 Å². The van der Waals surface area contributed by atoms with Gasteiger partial charge in [-0.25, -0.2) is 0 Å². The number of nitrogens with one attached hydrogen (secondary N) is 2. The van der Waals surface area contributed by atoms with E-state index in [1.165, 1.54) is 0 Å². The molecule has 3 saturated carbocycles. The van der Waals surface area contributed by atoms with Crippen molar-refractivity contribution >= 4 is 23.4 Å². The number of hydrogen-bond donors (Lipinski definition) is 2. The van der Waals surface area contributed by atoms with E-state index in [1.54, 1.807) is 24.3 Å². The van der Waals surface area contributed by atoms with Crippen molar-refractivity contribution in [2.45, 2.75) is 50.2 Å². The molecule has 7 heteroatoms. The van der Waals surface area contributed by atoms with Crippen molar-refractivity contribution in [1.29, 1.82) is 0 Å². The van der Waals surface area contributed by atoms with Gasteiger partial charge in [0.1, 0.15) is 5.75 Å². The number of halogens is 1. The molecule has 2 bridgehead atoms. The molecule has 3 aliphatic rings. The van der Waals surface area contributed by atoms with Gasteiger partial charge in [0.2, 0.25) is 5.91 Å². The number of likely N-dealkylation sites (N-methyl/N-ethyl adjacent to an activating group) is 1. The van der Waals surface area contributed by atoms with Crippen molar-refractivity contribution in [3.63, 3.8) is 0 Å². The fraction of sp³-hybridized carbons (Fsp3) is 0.600. The van der Waals surface area contributed by atoms with Crippen LogP contribution in [-0.2, 0) is 9.59 Å². The molecular weight excluding hydrogens is 366 g/mol. The molecule has 1 aromatic rings. The Balaban J connectivity index is 1.43. The zero-order valence-electron chi connectivity index (χ0n) is 16.3. The highest BCUT2D eigenvalue weighted by molar-refractivity contribution is 6.30. The zero-order valence-corrected chi connectivity index (χ0v) is 17.1. The van der Waals surface area contributed by atoms with E-state index < -0.39 is 0 Å². The van der Waals surface area contributed by atoms with Gasteiger partial charge in [0, 0.05) is 16.1 Å². The lowest BCUT2D eigenvalue weighted by atomic mass is 9.44. The lowest BCUT2D eigenvalue weighted by Crippen LogP contribution is -2.84. The van der Waals surface area contributed by atoms with Crippen molar-refractivity contribution in [2.75, 3.05) is 20.7 Å². The molecule has 0 aliphatic heterocycles. The molecule has 0 heterocycles. The average Bonchev–Trinajstić information content (AvgIpc) is 2.50. The summed E-state index contributed by atoms with van der Waals surface area (Å²) in [6.07, 6.45) is 2.37. The molecule has 3 aliphatic carbocycles. The van der Waals surface area contributed by atoms with Crippen molar-refractivity contribution in [2.24, 2.45) is 5.92 Å². The Hall–Kier alpha value is -1.79. The van der Waals surface area contributed by atoms with E-state index in [2.05, 4.69) is 24.5 Å². The fourth-order valence-electron chi connectivity index (χ4n) is 4.53. The predicted molar refractivity (Wildman–Crippen MR) is 105 cm³/mol. The average molecular weight is 394 g/mol. The number of nitrogens with zero attached hydrogens (tertiary/aromatic N) is 1. The number of ether oxygens (including phenoxy) is 1. The van der Waals surface area contributed by atoms with Crippen LogP contribution in [-0.4, -0.2) is 54.5 Å².